The Kier molecular flexibility index (Phi) is 6.16. The maximum atomic E-state index is 13.2. The van der Waals surface area contributed by atoms with Gasteiger partial charge in [-0.1, -0.05) is 30.3 Å². The molecule has 35 heavy (non-hydrogen) atoms. The van der Waals surface area contributed by atoms with Gasteiger partial charge in [0.2, 0.25) is 5.91 Å². The van der Waals surface area contributed by atoms with Crippen LogP contribution in [0.1, 0.15) is 34.0 Å². The van der Waals surface area contributed by atoms with E-state index < -0.39 is 0 Å². The van der Waals surface area contributed by atoms with Gasteiger partial charge in [-0.25, -0.2) is 0 Å². The maximum absolute atomic E-state index is 13.2. The second-order valence-corrected chi connectivity index (χ2v) is 9.75. The van der Waals surface area contributed by atoms with Crippen molar-refractivity contribution in [1.29, 1.82) is 0 Å². The molecule has 1 fully saturated rings. The number of fused-ring (bicyclic) bond motifs is 4. The second kappa shape index (κ2) is 9.41. The number of hydrogen-bond donors (Lipinski definition) is 1. The van der Waals surface area contributed by atoms with E-state index in [0.717, 1.165) is 23.4 Å². The highest BCUT2D eigenvalue weighted by molar-refractivity contribution is 5.95. The van der Waals surface area contributed by atoms with Gasteiger partial charge in [0, 0.05) is 56.6 Å². The van der Waals surface area contributed by atoms with Gasteiger partial charge in [-0.3, -0.25) is 14.4 Å². The van der Waals surface area contributed by atoms with Gasteiger partial charge in [-0.15, -0.1) is 0 Å². The molecule has 0 radical (unpaired) electrons. The predicted octanol–water partition coefficient (Wildman–Crippen LogP) is 3.36. The van der Waals surface area contributed by atoms with E-state index in [2.05, 4.69) is 5.32 Å². The monoisotopic (exact) mass is 470 g/mol. The average molecular weight is 471 g/mol. The Morgan fingerprint density at radius 2 is 1.69 bits per heavy atom. The van der Waals surface area contributed by atoms with Crippen molar-refractivity contribution in [2.45, 2.75) is 25.3 Å². The van der Waals surface area contributed by atoms with Gasteiger partial charge in [0.25, 0.3) is 11.5 Å². The maximum Gasteiger partial charge on any atom is 0.274 e. The third-order valence-electron chi connectivity index (χ3n) is 7.00. The number of piperidine rings is 1. The number of aromatic nitrogens is 1. The largest absolute Gasteiger partial charge is 0.378 e. The van der Waals surface area contributed by atoms with Crippen LogP contribution in [0.25, 0.3) is 0 Å². The normalized spacial score (nSPS) is 18.5. The summed E-state index contributed by atoms with van der Waals surface area (Å²) in [7, 11) is 3.95. The molecule has 2 aliphatic rings. The van der Waals surface area contributed by atoms with E-state index in [4.69, 9.17) is 0 Å². The van der Waals surface area contributed by atoms with E-state index >= 15 is 0 Å². The highest BCUT2D eigenvalue weighted by atomic mass is 16.2. The fraction of sp³-hybridized carbons (Fsp3) is 0.321. The van der Waals surface area contributed by atoms with Gasteiger partial charge in [-0.2, -0.15) is 0 Å². The third-order valence-corrected chi connectivity index (χ3v) is 7.00. The zero-order chi connectivity index (χ0) is 24.5. The summed E-state index contributed by atoms with van der Waals surface area (Å²) in [5.74, 6) is 0.140. The molecule has 0 saturated carbocycles. The van der Waals surface area contributed by atoms with Crippen LogP contribution in [0.3, 0.4) is 0 Å². The van der Waals surface area contributed by atoms with Crippen molar-refractivity contribution < 1.29 is 9.59 Å². The summed E-state index contributed by atoms with van der Waals surface area (Å²) in [4.78, 5) is 42.9. The SMILES string of the molecule is CN(C)c1ccc(C(=O)N2C[C@@H]3C[C@H](C2)c2ccc(NC(=O)Cc4ccccc4)c(=O)n2C3)cc1. The van der Waals surface area contributed by atoms with Crippen molar-refractivity contribution in [3.8, 4) is 0 Å². The first-order chi connectivity index (χ1) is 16.9. The van der Waals surface area contributed by atoms with Gasteiger partial charge in [-0.05, 0) is 54.3 Å². The summed E-state index contributed by atoms with van der Waals surface area (Å²) >= 11 is 0. The molecule has 7 nitrogen and oxygen atoms in total. The molecule has 0 unspecified atom stereocenters. The van der Waals surface area contributed by atoms with Gasteiger partial charge < -0.3 is 19.7 Å². The van der Waals surface area contributed by atoms with Crippen LogP contribution < -0.4 is 15.8 Å². The Balaban J connectivity index is 1.31. The van der Waals surface area contributed by atoms with E-state index in [0.29, 0.717) is 30.9 Å². The Morgan fingerprint density at radius 3 is 2.40 bits per heavy atom. The summed E-state index contributed by atoms with van der Waals surface area (Å²) in [6.45, 7) is 1.77. The molecule has 1 aromatic heterocycles. The average Bonchev–Trinajstić information content (AvgIpc) is 2.86. The summed E-state index contributed by atoms with van der Waals surface area (Å²) in [6, 6.07) is 20.8. The van der Waals surface area contributed by atoms with Crippen LogP contribution in [0.15, 0.2) is 71.5 Å². The first-order valence-electron chi connectivity index (χ1n) is 12.0. The molecule has 0 spiro atoms. The number of carbonyl (C=O) groups is 2. The number of amides is 2. The predicted molar refractivity (Wildman–Crippen MR) is 137 cm³/mol. The zero-order valence-electron chi connectivity index (χ0n) is 20.1. The quantitative estimate of drug-likeness (QED) is 0.621. The lowest BCUT2D eigenvalue weighted by atomic mass is 9.83. The molecule has 2 bridgehead atoms. The molecule has 2 aromatic carbocycles. The number of nitrogens with zero attached hydrogens (tertiary/aromatic N) is 3. The molecule has 1 N–H and O–H groups in total. The van der Waals surface area contributed by atoms with Crippen LogP contribution in [0, 0.1) is 5.92 Å². The number of likely N-dealkylation sites (tertiary alicyclic amines) is 1. The number of benzene rings is 2. The van der Waals surface area contributed by atoms with Crippen LogP contribution in [0.2, 0.25) is 0 Å². The van der Waals surface area contributed by atoms with Gasteiger partial charge in [0.15, 0.2) is 0 Å². The van der Waals surface area contributed by atoms with Gasteiger partial charge in [0.05, 0.1) is 6.42 Å². The lowest BCUT2D eigenvalue weighted by molar-refractivity contribution is -0.115. The van der Waals surface area contributed by atoms with Crippen molar-refractivity contribution in [2.24, 2.45) is 5.92 Å². The summed E-state index contributed by atoms with van der Waals surface area (Å²) in [6.07, 6.45) is 1.18. The van der Waals surface area contributed by atoms with Crippen LogP contribution in [-0.2, 0) is 17.8 Å². The number of nitrogens with one attached hydrogen (secondary N) is 1. The Morgan fingerprint density at radius 1 is 0.943 bits per heavy atom. The first kappa shape index (κ1) is 22.9. The highest BCUT2D eigenvalue weighted by Gasteiger charge is 2.37. The Bertz CT molecular complexity index is 1300. The molecule has 2 atom stereocenters. The minimum absolute atomic E-state index is 0.0330. The standard InChI is InChI=1S/C28H30N4O3/c1-30(2)23-10-8-21(9-11-23)27(34)31-16-20-14-22(18-31)25-13-12-24(28(35)32(25)17-20)29-26(33)15-19-6-4-3-5-7-19/h3-13,20,22H,14-18H2,1-2H3,(H,29,33)/t20-,22+/m0/s1. The van der Waals surface area contributed by atoms with E-state index in [1.165, 1.54) is 0 Å². The number of pyridine rings is 1. The Hall–Kier alpha value is -3.87. The molecule has 180 valence electrons. The first-order valence-corrected chi connectivity index (χ1v) is 12.0. The molecule has 5 rings (SSSR count). The van der Waals surface area contributed by atoms with Crippen LogP contribution in [-0.4, -0.2) is 48.5 Å². The van der Waals surface area contributed by atoms with E-state index in [1.54, 1.807) is 10.6 Å². The number of rotatable bonds is 5. The van der Waals surface area contributed by atoms with Crippen molar-refractivity contribution in [3.63, 3.8) is 0 Å². The fourth-order valence-corrected chi connectivity index (χ4v) is 5.27. The summed E-state index contributed by atoms with van der Waals surface area (Å²) in [5, 5.41) is 2.80. The lowest BCUT2D eigenvalue weighted by Gasteiger charge is -2.43. The topological polar surface area (TPSA) is 74.7 Å². The number of anilines is 2. The van der Waals surface area contributed by atoms with Crippen molar-refractivity contribution in [1.82, 2.24) is 9.47 Å². The van der Waals surface area contributed by atoms with Crippen molar-refractivity contribution in [3.05, 3.63) is 93.9 Å². The fourth-order valence-electron chi connectivity index (χ4n) is 5.27. The van der Waals surface area contributed by atoms with E-state index in [-0.39, 0.29) is 35.6 Å². The zero-order valence-corrected chi connectivity index (χ0v) is 20.1. The van der Waals surface area contributed by atoms with Crippen LogP contribution in [0.5, 0.6) is 0 Å². The molecule has 0 aliphatic carbocycles. The number of hydrogen-bond acceptors (Lipinski definition) is 4. The molecule has 2 aliphatic heterocycles. The molecule has 3 heterocycles. The number of carbonyl (C=O) groups excluding carboxylic acids is 2. The summed E-state index contributed by atoms with van der Waals surface area (Å²) < 4.78 is 1.80. The molecular formula is C28H30N4O3. The van der Waals surface area contributed by atoms with Crippen molar-refractivity contribution >= 4 is 23.2 Å². The minimum Gasteiger partial charge on any atom is -0.378 e. The third kappa shape index (κ3) is 4.71. The van der Waals surface area contributed by atoms with Crippen LogP contribution in [0.4, 0.5) is 11.4 Å². The lowest BCUT2D eigenvalue weighted by Crippen LogP contribution is -2.49. The van der Waals surface area contributed by atoms with Crippen molar-refractivity contribution in [2.75, 3.05) is 37.4 Å². The van der Waals surface area contributed by atoms with E-state index in [1.807, 2.05) is 84.6 Å². The van der Waals surface area contributed by atoms with E-state index in [9.17, 15) is 14.4 Å². The second-order valence-electron chi connectivity index (χ2n) is 9.75. The molecule has 3 aromatic rings. The van der Waals surface area contributed by atoms with Gasteiger partial charge >= 0.3 is 0 Å². The minimum atomic E-state index is -0.207. The highest BCUT2D eigenvalue weighted by Crippen LogP contribution is 2.36. The van der Waals surface area contributed by atoms with Gasteiger partial charge in [0.1, 0.15) is 5.69 Å². The van der Waals surface area contributed by atoms with Crippen LogP contribution >= 0.6 is 0 Å². The molecule has 7 heteroatoms. The summed E-state index contributed by atoms with van der Waals surface area (Å²) in [5.41, 5.74) is 3.72. The smallest absolute Gasteiger partial charge is 0.274 e. The molecular weight excluding hydrogens is 440 g/mol. The molecule has 1 saturated heterocycles. The Labute approximate surface area is 205 Å². The molecule has 2 amide bonds.